The summed E-state index contributed by atoms with van der Waals surface area (Å²) >= 11 is 6.08. The first-order valence-corrected chi connectivity index (χ1v) is 8.79. The van der Waals surface area contributed by atoms with Gasteiger partial charge >= 0.3 is 0 Å². The lowest BCUT2D eigenvalue weighted by atomic mass is 9.97. The Labute approximate surface area is 154 Å². The third-order valence-corrected chi connectivity index (χ3v) is 4.74. The fraction of sp³-hybridized carbons (Fsp3) is 0.278. The van der Waals surface area contributed by atoms with Gasteiger partial charge in [0.1, 0.15) is 5.82 Å². The van der Waals surface area contributed by atoms with Gasteiger partial charge in [0.05, 0.1) is 10.9 Å². The normalized spacial score (nSPS) is 17.5. The number of halogens is 2. The summed E-state index contributed by atoms with van der Waals surface area (Å²) in [7, 11) is 0. The van der Waals surface area contributed by atoms with Gasteiger partial charge in [0.15, 0.2) is 5.65 Å². The highest BCUT2D eigenvalue weighted by molar-refractivity contribution is 6.30. The Bertz CT molecular complexity index is 960. The van der Waals surface area contributed by atoms with Crippen molar-refractivity contribution in [1.82, 2.24) is 14.6 Å². The molecular weight excluding hydrogens is 357 g/mol. The van der Waals surface area contributed by atoms with Crippen molar-refractivity contribution >= 4 is 34.8 Å². The van der Waals surface area contributed by atoms with Crippen molar-refractivity contribution in [2.45, 2.75) is 12.8 Å². The van der Waals surface area contributed by atoms with Crippen molar-refractivity contribution in [3.05, 3.63) is 53.4 Å². The molecule has 1 unspecified atom stereocenters. The van der Waals surface area contributed by atoms with E-state index >= 15 is 0 Å². The molecule has 26 heavy (non-hydrogen) atoms. The van der Waals surface area contributed by atoms with Gasteiger partial charge in [-0.2, -0.15) is 0 Å². The van der Waals surface area contributed by atoms with E-state index in [2.05, 4.69) is 15.5 Å². The maximum absolute atomic E-state index is 13.3. The van der Waals surface area contributed by atoms with Gasteiger partial charge in [-0.15, -0.1) is 10.2 Å². The monoisotopic (exact) mass is 373 g/mol. The average Bonchev–Trinajstić information content (AvgIpc) is 3.05. The Morgan fingerprint density at radius 1 is 1.27 bits per heavy atom. The smallest absolute Gasteiger partial charge is 0.231 e. The van der Waals surface area contributed by atoms with Gasteiger partial charge in [0.25, 0.3) is 0 Å². The largest absolute Gasteiger partial charge is 0.340 e. The Morgan fingerprint density at radius 2 is 2.15 bits per heavy atom. The number of rotatable bonds is 3. The second kappa shape index (κ2) is 6.92. The lowest BCUT2D eigenvalue weighted by Crippen LogP contribution is -2.41. The van der Waals surface area contributed by atoms with Crippen LogP contribution < -0.4 is 10.2 Å². The van der Waals surface area contributed by atoms with Crippen LogP contribution in [0.15, 0.2) is 42.6 Å². The number of piperidine rings is 1. The van der Waals surface area contributed by atoms with Crippen LogP contribution in [0.4, 0.5) is 16.0 Å². The number of carbonyl (C=O) groups is 1. The van der Waals surface area contributed by atoms with Crippen molar-refractivity contribution in [2.75, 3.05) is 23.3 Å². The molecular formula is C18H17ClFN5O. The van der Waals surface area contributed by atoms with Gasteiger partial charge in [0, 0.05) is 25.0 Å². The molecule has 0 saturated carbocycles. The number of amides is 1. The minimum Gasteiger partial charge on any atom is -0.340 e. The van der Waals surface area contributed by atoms with E-state index in [1.165, 1.54) is 12.1 Å². The zero-order valence-electron chi connectivity index (χ0n) is 13.9. The van der Waals surface area contributed by atoms with E-state index in [-0.39, 0.29) is 17.6 Å². The highest BCUT2D eigenvalue weighted by atomic mass is 35.5. The standard InChI is InChI=1S/C18H17ClFN5O/c19-13-6-7-16-22-23-18(25(16)11-13)24-8-2-3-12(10-24)17(26)21-15-5-1-4-14(20)9-15/h1,4-7,9,11-12H,2-3,8,10H2,(H,21,26). The van der Waals surface area contributed by atoms with Crippen molar-refractivity contribution in [3.8, 4) is 0 Å². The number of hydrogen-bond donors (Lipinski definition) is 1. The molecule has 1 atom stereocenters. The van der Waals surface area contributed by atoms with Crippen LogP contribution in [-0.2, 0) is 4.79 Å². The lowest BCUT2D eigenvalue weighted by molar-refractivity contribution is -0.120. The highest BCUT2D eigenvalue weighted by Crippen LogP contribution is 2.24. The first-order chi connectivity index (χ1) is 12.6. The lowest BCUT2D eigenvalue weighted by Gasteiger charge is -2.32. The average molecular weight is 374 g/mol. The Hall–Kier alpha value is -2.67. The highest BCUT2D eigenvalue weighted by Gasteiger charge is 2.28. The maximum atomic E-state index is 13.3. The van der Waals surface area contributed by atoms with E-state index in [4.69, 9.17) is 11.6 Å². The first-order valence-electron chi connectivity index (χ1n) is 8.42. The number of anilines is 2. The summed E-state index contributed by atoms with van der Waals surface area (Å²) in [4.78, 5) is 14.6. The Balaban J connectivity index is 1.51. The number of aromatic nitrogens is 3. The summed E-state index contributed by atoms with van der Waals surface area (Å²) in [6.45, 7) is 1.31. The van der Waals surface area contributed by atoms with E-state index in [0.29, 0.717) is 28.9 Å². The number of benzene rings is 1. The van der Waals surface area contributed by atoms with Crippen LogP contribution in [0.5, 0.6) is 0 Å². The molecule has 3 heterocycles. The molecule has 6 nitrogen and oxygen atoms in total. The molecule has 1 aromatic carbocycles. The van der Waals surface area contributed by atoms with Crippen molar-refractivity contribution in [1.29, 1.82) is 0 Å². The van der Waals surface area contributed by atoms with E-state index < -0.39 is 0 Å². The molecule has 1 saturated heterocycles. The summed E-state index contributed by atoms with van der Waals surface area (Å²) in [6.07, 6.45) is 3.40. The Kier molecular flexibility index (Phi) is 4.46. The van der Waals surface area contributed by atoms with Crippen LogP contribution in [0.25, 0.3) is 5.65 Å². The summed E-state index contributed by atoms with van der Waals surface area (Å²) < 4.78 is 15.1. The van der Waals surface area contributed by atoms with Gasteiger partial charge < -0.3 is 10.2 Å². The molecule has 3 aromatic rings. The van der Waals surface area contributed by atoms with Crippen LogP contribution in [0, 0.1) is 11.7 Å². The van der Waals surface area contributed by atoms with Crippen LogP contribution in [0.2, 0.25) is 5.02 Å². The second-order valence-corrected chi connectivity index (χ2v) is 6.80. The molecule has 1 N–H and O–H groups in total. The van der Waals surface area contributed by atoms with Gasteiger partial charge in [-0.1, -0.05) is 17.7 Å². The molecule has 0 spiro atoms. The predicted molar refractivity (Wildman–Crippen MR) is 98.0 cm³/mol. The molecule has 2 aromatic heterocycles. The molecule has 1 fully saturated rings. The summed E-state index contributed by atoms with van der Waals surface area (Å²) in [5.41, 5.74) is 1.17. The predicted octanol–water partition coefficient (Wildman–Crippen LogP) is 3.38. The van der Waals surface area contributed by atoms with Crippen molar-refractivity contribution in [3.63, 3.8) is 0 Å². The van der Waals surface area contributed by atoms with E-state index in [1.807, 2.05) is 9.30 Å². The van der Waals surface area contributed by atoms with Crippen molar-refractivity contribution in [2.24, 2.45) is 5.92 Å². The Morgan fingerprint density at radius 3 is 3.00 bits per heavy atom. The number of fused-ring (bicyclic) bond motifs is 1. The third-order valence-electron chi connectivity index (χ3n) is 4.52. The quantitative estimate of drug-likeness (QED) is 0.764. The fourth-order valence-corrected chi connectivity index (χ4v) is 3.41. The molecule has 134 valence electrons. The van der Waals surface area contributed by atoms with Crippen LogP contribution in [0.3, 0.4) is 0 Å². The van der Waals surface area contributed by atoms with Crippen LogP contribution in [-0.4, -0.2) is 33.6 Å². The topological polar surface area (TPSA) is 62.5 Å². The van der Waals surface area contributed by atoms with Gasteiger partial charge in [0.2, 0.25) is 11.9 Å². The molecule has 0 bridgehead atoms. The molecule has 1 amide bonds. The SMILES string of the molecule is O=C(Nc1cccc(F)c1)C1CCCN(c2nnc3ccc(Cl)cn23)C1. The third kappa shape index (κ3) is 3.35. The number of carbonyl (C=O) groups excluding carboxylic acids is 1. The minimum atomic E-state index is -0.375. The molecule has 1 aliphatic rings. The zero-order valence-corrected chi connectivity index (χ0v) is 14.7. The fourth-order valence-electron chi connectivity index (χ4n) is 3.25. The number of pyridine rings is 1. The molecule has 8 heteroatoms. The zero-order chi connectivity index (χ0) is 18.1. The molecule has 0 aliphatic carbocycles. The molecule has 1 aliphatic heterocycles. The second-order valence-electron chi connectivity index (χ2n) is 6.36. The summed E-state index contributed by atoms with van der Waals surface area (Å²) in [5.74, 6) is -0.0312. The first kappa shape index (κ1) is 16.8. The van der Waals surface area contributed by atoms with Crippen molar-refractivity contribution < 1.29 is 9.18 Å². The van der Waals surface area contributed by atoms with Gasteiger partial charge in [-0.3, -0.25) is 9.20 Å². The van der Waals surface area contributed by atoms with E-state index in [9.17, 15) is 9.18 Å². The summed E-state index contributed by atoms with van der Waals surface area (Å²) in [6, 6.07) is 9.48. The van der Waals surface area contributed by atoms with Crippen LogP contribution >= 0.6 is 11.6 Å². The number of hydrogen-bond acceptors (Lipinski definition) is 4. The number of nitrogens with one attached hydrogen (secondary N) is 1. The van der Waals surface area contributed by atoms with E-state index in [0.717, 1.165) is 19.4 Å². The molecule has 4 rings (SSSR count). The summed E-state index contributed by atoms with van der Waals surface area (Å²) in [5, 5.41) is 11.8. The van der Waals surface area contributed by atoms with Crippen LogP contribution in [0.1, 0.15) is 12.8 Å². The van der Waals surface area contributed by atoms with Gasteiger partial charge in [-0.25, -0.2) is 4.39 Å². The maximum Gasteiger partial charge on any atom is 0.231 e. The molecule has 0 radical (unpaired) electrons. The number of nitrogens with zero attached hydrogens (tertiary/aromatic N) is 4. The minimum absolute atomic E-state index is 0.118. The van der Waals surface area contributed by atoms with Gasteiger partial charge in [-0.05, 0) is 43.2 Å². The van der Waals surface area contributed by atoms with E-state index in [1.54, 1.807) is 30.5 Å².